The third kappa shape index (κ3) is 5.23. The van der Waals surface area contributed by atoms with Crippen molar-refractivity contribution in [3.8, 4) is 29.3 Å². The molecule has 2 aromatic heterocycles. The molecular formula is C35H33ClF2N8O2S. The first-order chi connectivity index (χ1) is 23.5. The smallest absolute Gasteiger partial charge is 0.319 e. The Labute approximate surface area is 290 Å². The van der Waals surface area contributed by atoms with Gasteiger partial charge < -0.3 is 20.3 Å². The lowest BCUT2D eigenvalue weighted by Crippen LogP contribution is -2.44. The number of rotatable bonds is 7. The van der Waals surface area contributed by atoms with E-state index in [9.17, 15) is 24.1 Å². The number of amides is 1. The number of thiophene rings is 1. The first-order valence-electron chi connectivity index (χ1n) is 16.0. The number of nitrogens with zero attached hydrogens (tertiary/aromatic N) is 7. The second-order valence-corrected chi connectivity index (χ2v) is 14.4. The molecule has 4 unspecified atom stereocenters. The van der Waals surface area contributed by atoms with Crippen LogP contribution in [0.25, 0.3) is 32.1 Å². The van der Waals surface area contributed by atoms with Crippen molar-refractivity contribution < 1.29 is 18.3 Å². The van der Waals surface area contributed by atoms with Crippen LogP contribution in [0.5, 0.6) is 6.01 Å². The Balaban J connectivity index is 1.41. The molecule has 0 bridgehead atoms. The van der Waals surface area contributed by atoms with E-state index < -0.39 is 17.5 Å². The summed E-state index contributed by atoms with van der Waals surface area (Å²) in [5.41, 5.74) is 6.83. The molecule has 0 aliphatic carbocycles. The topological polar surface area (TPSA) is 135 Å². The number of nitrogens with two attached hydrogens (primary N) is 1. The van der Waals surface area contributed by atoms with Crippen LogP contribution in [0.4, 0.5) is 19.6 Å². The highest BCUT2D eigenvalue weighted by molar-refractivity contribution is 7.23. The summed E-state index contributed by atoms with van der Waals surface area (Å²) in [5.74, 6) is -0.280. The summed E-state index contributed by atoms with van der Waals surface area (Å²) in [4.78, 5) is 28.0. The fraction of sp³-hybridized carbons (Fsp3) is 0.400. The summed E-state index contributed by atoms with van der Waals surface area (Å²) >= 11 is 8.17. The number of carbonyl (C=O) groups excluding carboxylic acids is 1. The predicted molar refractivity (Wildman–Crippen MR) is 186 cm³/mol. The van der Waals surface area contributed by atoms with Gasteiger partial charge in [0, 0.05) is 48.9 Å². The predicted octanol–water partition coefficient (Wildman–Crippen LogP) is 6.20. The quantitative estimate of drug-likeness (QED) is 0.224. The number of nitriles is 2. The van der Waals surface area contributed by atoms with Gasteiger partial charge in [0.15, 0.2) is 0 Å². The first kappa shape index (κ1) is 33.0. The van der Waals surface area contributed by atoms with E-state index in [2.05, 4.69) is 23.6 Å². The van der Waals surface area contributed by atoms with Crippen molar-refractivity contribution >= 4 is 60.7 Å². The Hall–Kier alpha value is -4.56. The molecule has 49 heavy (non-hydrogen) atoms. The van der Waals surface area contributed by atoms with E-state index >= 15 is 0 Å². The molecule has 7 rings (SSSR count). The Kier molecular flexibility index (Phi) is 8.34. The van der Waals surface area contributed by atoms with Crippen molar-refractivity contribution in [3.63, 3.8) is 0 Å². The maximum atomic E-state index is 15.0. The van der Waals surface area contributed by atoms with Crippen LogP contribution in [0.3, 0.4) is 0 Å². The summed E-state index contributed by atoms with van der Waals surface area (Å²) in [5, 5.41) is 21.4. The van der Waals surface area contributed by atoms with E-state index in [4.69, 9.17) is 32.0 Å². The van der Waals surface area contributed by atoms with Crippen molar-refractivity contribution in [3.05, 3.63) is 52.8 Å². The Morgan fingerprint density at radius 3 is 2.86 bits per heavy atom. The van der Waals surface area contributed by atoms with Gasteiger partial charge in [0.1, 0.15) is 35.5 Å². The van der Waals surface area contributed by atoms with Crippen LogP contribution in [-0.4, -0.2) is 82.8 Å². The van der Waals surface area contributed by atoms with Crippen LogP contribution < -0.4 is 15.4 Å². The molecule has 252 valence electrons. The molecule has 2 aromatic carbocycles. The molecular weight excluding hydrogens is 670 g/mol. The zero-order chi connectivity index (χ0) is 34.8. The molecule has 3 aliphatic rings. The number of carbonyl (C=O) groups is 1. The largest absolute Gasteiger partial charge is 0.461 e. The van der Waals surface area contributed by atoms with E-state index in [1.54, 1.807) is 11.0 Å². The number of hydrogen-bond acceptors (Lipinski definition) is 10. The van der Waals surface area contributed by atoms with E-state index in [0.29, 0.717) is 42.7 Å². The Morgan fingerprint density at radius 1 is 1.33 bits per heavy atom. The fourth-order valence-electron chi connectivity index (χ4n) is 8.06. The molecule has 4 aromatic rings. The minimum Gasteiger partial charge on any atom is -0.461 e. The minimum atomic E-state index is -0.938. The zero-order valence-corrected chi connectivity index (χ0v) is 28.5. The van der Waals surface area contributed by atoms with E-state index in [1.807, 2.05) is 18.9 Å². The van der Waals surface area contributed by atoms with Crippen molar-refractivity contribution in [2.24, 2.45) is 0 Å². The third-order valence-corrected chi connectivity index (χ3v) is 11.8. The summed E-state index contributed by atoms with van der Waals surface area (Å²) in [6.07, 6.45) is 3.11. The van der Waals surface area contributed by atoms with Gasteiger partial charge in [-0.1, -0.05) is 24.2 Å². The monoisotopic (exact) mass is 702 g/mol. The van der Waals surface area contributed by atoms with Gasteiger partial charge in [0.25, 0.3) is 0 Å². The van der Waals surface area contributed by atoms with Gasteiger partial charge in [-0.2, -0.15) is 20.5 Å². The van der Waals surface area contributed by atoms with Crippen LogP contribution in [0.15, 0.2) is 30.9 Å². The van der Waals surface area contributed by atoms with Crippen molar-refractivity contribution in [2.45, 2.75) is 56.4 Å². The number of aromatic nitrogens is 2. The van der Waals surface area contributed by atoms with Crippen LogP contribution in [-0.2, 0) is 4.79 Å². The van der Waals surface area contributed by atoms with E-state index in [0.717, 1.165) is 30.7 Å². The maximum Gasteiger partial charge on any atom is 0.319 e. The molecule has 1 amide bonds. The van der Waals surface area contributed by atoms with Crippen molar-refractivity contribution in [1.82, 2.24) is 19.8 Å². The number of anilines is 2. The number of hydrogen-bond donors (Lipinski definition) is 1. The molecule has 0 radical (unpaired) electrons. The van der Waals surface area contributed by atoms with Gasteiger partial charge in [-0.05, 0) is 56.5 Å². The van der Waals surface area contributed by atoms with Crippen molar-refractivity contribution in [2.75, 3.05) is 43.9 Å². The molecule has 14 heteroatoms. The minimum absolute atomic E-state index is 0.0295. The molecule has 0 spiro atoms. The average Bonchev–Trinajstić information content (AvgIpc) is 3.84. The van der Waals surface area contributed by atoms with Gasteiger partial charge >= 0.3 is 6.01 Å². The summed E-state index contributed by atoms with van der Waals surface area (Å²) in [6.45, 7) is 7.47. The lowest BCUT2D eigenvalue weighted by molar-refractivity contribution is -0.126. The number of likely N-dealkylation sites (N-methyl/N-ethyl adjacent to an activating group) is 1. The van der Waals surface area contributed by atoms with Crippen LogP contribution in [0, 0.1) is 28.5 Å². The van der Waals surface area contributed by atoms with Crippen LogP contribution in [0.2, 0.25) is 5.02 Å². The normalized spacial score (nSPS) is 23.5. The second kappa shape index (κ2) is 12.4. The lowest BCUT2D eigenvalue weighted by Gasteiger charge is -2.33. The fourth-order valence-corrected chi connectivity index (χ4v) is 9.36. The summed E-state index contributed by atoms with van der Waals surface area (Å²) in [7, 11) is 1.86. The summed E-state index contributed by atoms with van der Waals surface area (Å²) < 4.78 is 36.1. The van der Waals surface area contributed by atoms with E-state index in [-0.39, 0.29) is 72.9 Å². The summed E-state index contributed by atoms with van der Waals surface area (Å²) in [6, 6.07) is 8.36. The SMILES string of the molecule is C=CC(=O)N1CCC(N(C)c2nc(OCC34CCCN3CC(F)C4)nc3c(Cl)c(-c4ccc(F)c5sc(N)c(C#N)c45)c(C#N)cc23)C1C. The third-order valence-electron chi connectivity index (χ3n) is 10.4. The number of alkyl halides is 1. The highest BCUT2D eigenvalue weighted by atomic mass is 35.5. The Bertz CT molecular complexity index is 2130. The molecule has 0 saturated carbocycles. The number of fused-ring (bicyclic) bond motifs is 3. The highest BCUT2D eigenvalue weighted by Crippen LogP contribution is 2.47. The van der Waals surface area contributed by atoms with Crippen molar-refractivity contribution in [1.29, 1.82) is 10.5 Å². The highest BCUT2D eigenvalue weighted by Gasteiger charge is 2.49. The molecule has 2 N–H and O–H groups in total. The second-order valence-electron chi connectivity index (χ2n) is 13.0. The first-order valence-corrected chi connectivity index (χ1v) is 17.2. The van der Waals surface area contributed by atoms with Gasteiger partial charge in [-0.15, -0.1) is 11.3 Å². The number of nitrogen functional groups attached to an aromatic ring is 1. The average molecular weight is 703 g/mol. The number of benzene rings is 2. The zero-order valence-electron chi connectivity index (χ0n) is 27.0. The molecule has 3 aliphatic heterocycles. The molecule has 4 atom stereocenters. The molecule has 3 saturated heterocycles. The molecule has 5 heterocycles. The standard InChI is InChI=1S/C35H33ClF2N8O2S/c1-4-26(47)46-11-8-25(18(46)2)44(3)33-22-12-19(14-39)27(21-6-7-24(38)31-28(21)23(15-40)32(41)49-31)29(36)30(22)42-34(43-33)48-17-35-9-5-10-45(35)16-20(37)13-35/h4,6-7,12,18,20,25H,1,5,8-11,13,16-17,41H2,2-3H3. The number of ether oxygens (including phenoxy) is 1. The maximum absolute atomic E-state index is 15.0. The number of halogens is 3. The van der Waals surface area contributed by atoms with Gasteiger partial charge in [0.05, 0.1) is 44.0 Å². The molecule has 10 nitrogen and oxygen atoms in total. The lowest BCUT2D eigenvalue weighted by atomic mass is 9.93. The van der Waals surface area contributed by atoms with Gasteiger partial charge in [-0.3, -0.25) is 9.69 Å². The van der Waals surface area contributed by atoms with Crippen LogP contribution >= 0.6 is 22.9 Å². The number of likely N-dealkylation sites (tertiary alicyclic amines) is 1. The van der Waals surface area contributed by atoms with Crippen LogP contribution in [0.1, 0.15) is 43.7 Å². The van der Waals surface area contributed by atoms with Gasteiger partial charge in [-0.25, -0.2) is 8.78 Å². The Morgan fingerprint density at radius 2 is 2.12 bits per heavy atom. The van der Waals surface area contributed by atoms with E-state index in [1.165, 1.54) is 18.2 Å². The molecule has 3 fully saturated rings. The van der Waals surface area contributed by atoms with Gasteiger partial charge in [0.2, 0.25) is 5.91 Å².